The smallest absolute Gasteiger partial charge is 0.293 e. The lowest BCUT2D eigenvalue weighted by molar-refractivity contribution is -0.384. The van der Waals surface area contributed by atoms with Crippen LogP contribution in [-0.4, -0.2) is 33.9 Å². The Balaban J connectivity index is 3.10. The lowest BCUT2D eigenvalue weighted by atomic mass is 10.0. The summed E-state index contributed by atoms with van der Waals surface area (Å²) in [5.41, 5.74) is -1.03. The summed E-state index contributed by atoms with van der Waals surface area (Å²) >= 11 is 5.67. The Kier molecular flexibility index (Phi) is 4.28. The van der Waals surface area contributed by atoms with Gasteiger partial charge in [-0.25, -0.2) is 0 Å². The van der Waals surface area contributed by atoms with Gasteiger partial charge in [0.15, 0.2) is 0 Å². The largest absolute Gasteiger partial charge is 0.394 e. The molecule has 0 saturated heterocycles. The molecule has 3 N–H and O–H groups in total. The molecule has 0 spiro atoms. The van der Waals surface area contributed by atoms with Crippen molar-refractivity contribution in [1.82, 2.24) is 0 Å². The zero-order valence-corrected chi connectivity index (χ0v) is 9.94. The number of nitro benzene ring substituents is 1. The van der Waals surface area contributed by atoms with Gasteiger partial charge in [-0.05, 0) is 19.1 Å². The second kappa shape index (κ2) is 5.31. The van der Waals surface area contributed by atoms with E-state index in [0.29, 0.717) is 0 Å². The van der Waals surface area contributed by atoms with Gasteiger partial charge >= 0.3 is 0 Å². The molecule has 0 amide bonds. The van der Waals surface area contributed by atoms with Crippen molar-refractivity contribution in [2.45, 2.75) is 12.5 Å². The number of nitrogens with one attached hydrogen (secondary N) is 1. The zero-order valence-electron chi connectivity index (χ0n) is 9.18. The molecule has 0 saturated carbocycles. The maximum atomic E-state index is 10.8. The van der Waals surface area contributed by atoms with Gasteiger partial charge in [0.1, 0.15) is 5.69 Å². The number of anilines is 1. The molecule has 1 aromatic rings. The van der Waals surface area contributed by atoms with Crippen LogP contribution in [0.3, 0.4) is 0 Å². The Bertz CT molecular complexity index is 421. The first-order valence-corrected chi connectivity index (χ1v) is 5.23. The van der Waals surface area contributed by atoms with Crippen LogP contribution >= 0.6 is 11.6 Å². The fourth-order valence-corrected chi connectivity index (χ4v) is 1.38. The minimum absolute atomic E-state index is 0.199. The van der Waals surface area contributed by atoms with E-state index in [2.05, 4.69) is 5.32 Å². The molecular formula is C10H13ClN2O4. The molecule has 0 radical (unpaired) electrons. The van der Waals surface area contributed by atoms with Crippen LogP contribution in [0.15, 0.2) is 18.2 Å². The summed E-state index contributed by atoms with van der Waals surface area (Å²) in [6.45, 7) is 0.831. The fourth-order valence-electron chi connectivity index (χ4n) is 1.22. The molecule has 0 aliphatic carbocycles. The van der Waals surface area contributed by atoms with E-state index in [9.17, 15) is 10.1 Å². The van der Waals surface area contributed by atoms with Gasteiger partial charge in [-0.15, -0.1) is 0 Å². The molecule has 7 heteroatoms. The molecule has 1 aromatic carbocycles. The Morgan fingerprint density at radius 2 is 2.06 bits per heavy atom. The molecule has 17 heavy (non-hydrogen) atoms. The molecule has 0 fully saturated rings. The topological polar surface area (TPSA) is 95.6 Å². The SMILES string of the molecule is CC(CO)(CO)Nc1ccc(Cl)cc1[N+](=O)[O-]. The van der Waals surface area contributed by atoms with Crippen LogP contribution in [0.25, 0.3) is 0 Å². The van der Waals surface area contributed by atoms with E-state index in [0.717, 1.165) is 0 Å². The highest BCUT2D eigenvalue weighted by Gasteiger charge is 2.25. The van der Waals surface area contributed by atoms with Crippen molar-refractivity contribution >= 4 is 23.0 Å². The van der Waals surface area contributed by atoms with Crippen LogP contribution in [0.2, 0.25) is 5.02 Å². The van der Waals surface area contributed by atoms with Gasteiger partial charge in [0.25, 0.3) is 5.69 Å². The predicted molar refractivity (Wildman–Crippen MR) is 64.3 cm³/mol. The standard InChI is InChI=1S/C10H13ClN2O4/c1-10(5-14,6-15)12-8-3-2-7(11)4-9(8)13(16)17/h2-4,12,14-15H,5-6H2,1H3. The highest BCUT2D eigenvalue weighted by Crippen LogP contribution is 2.29. The van der Waals surface area contributed by atoms with Crippen molar-refractivity contribution in [1.29, 1.82) is 0 Å². The van der Waals surface area contributed by atoms with Gasteiger partial charge in [-0.2, -0.15) is 0 Å². The molecule has 1 rings (SSSR count). The monoisotopic (exact) mass is 260 g/mol. The molecule has 0 aliphatic rings. The number of aliphatic hydroxyl groups is 2. The van der Waals surface area contributed by atoms with Gasteiger partial charge in [0, 0.05) is 11.1 Å². The fraction of sp³-hybridized carbons (Fsp3) is 0.400. The Morgan fingerprint density at radius 1 is 1.47 bits per heavy atom. The third kappa shape index (κ3) is 3.29. The highest BCUT2D eigenvalue weighted by atomic mass is 35.5. The number of nitrogens with zero attached hydrogens (tertiary/aromatic N) is 1. The van der Waals surface area contributed by atoms with Crippen molar-refractivity contribution in [3.63, 3.8) is 0 Å². The third-order valence-electron chi connectivity index (χ3n) is 2.29. The van der Waals surface area contributed by atoms with Gasteiger partial charge in [-0.1, -0.05) is 11.6 Å². The second-order valence-corrected chi connectivity index (χ2v) is 4.36. The number of hydrogen-bond donors (Lipinski definition) is 3. The van der Waals surface area contributed by atoms with Crippen molar-refractivity contribution < 1.29 is 15.1 Å². The van der Waals surface area contributed by atoms with Crippen LogP contribution in [0.4, 0.5) is 11.4 Å². The average molecular weight is 261 g/mol. The molecule has 0 atom stereocenters. The zero-order chi connectivity index (χ0) is 13.1. The van der Waals surface area contributed by atoms with Gasteiger partial charge in [0.2, 0.25) is 0 Å². The molecule has 0 heterocycles. The van der Waals surface area contributed by atoms with E-state index >= 15 is 0 Å². The van der Waals surface area contributed by atoms with Crippen LogP contribution in [-0.2, 0) is 0 Å². The maximum absolute atomic E-state index is 10.8. The van der Waals surface area contributed by atoms with E-state index in [1.165, 1.54) is 18.2 Å². The predicted octanol–water partition coefficient (Wildman–Crippen LogP) is 1.40. The van der Waals surface area contributed by atoms with Gasteiger partial charge in [-0.3, -0.25) is 10.1 Å². The summed E-state index contributed by atoms with van der Waals surface area (Å²) in [6.07, 6.45) is 0. The van der Waals surface area contributed by atoms with Crippen molar-refractivity contribution in [3.8, 4) is 0 Å². The third-order valence-corrected chi connectivity index (χ3v) is 2.53. The van der Waals surface area contributed by atoms with Crippen molar-refractivity contribution in [2.24, 2.45) is 0 Å². The van der Waals surface area contributed by atoms with E-state index in [1.807, 2.05) is 0 Å². The molecule has 0 aliphatic heterocycles. The lowest BCUT2D eigenvalue weighted by Crippen LogP contribution is -2.42. The lowest BCUT2D eigenvalue weighted by Gasteiger charge is -2.27. The quantitative estimate of drug-likeness (QED) is 0.549. The summed E-state index contributed by atoms with van der Waals surface area (Å²) in [5, 5.41) is 32.0. The number of benzene rings is 1. The second-order valence-electron chi connectivity index (χ2n) is 3.92. The van der Waals surface area contributed by atoms with Crippen LogP contribution < -0.4 is 5.32 Å². The minimum atomic E-state index is -1.03. The summed E-state index contributed by atoms with van der Waals surface area (Å²) < 4.78 is 0. The van der Waals surface area contributed by atoms with E-state index < -0.39 is 10.5 Å². The molecule has 0 unspecified atom stereocenters. The summed E-state index contributed by atoms with van der Waals surface area (Å²) in [6, 6.07) is 4.13. The summed E-state index contributed by atoms with van der Waals surface area (Å²) in [7, 11) is 0. The van der Waals surface area contributed by atoms with Crippen LogP contribution in [0, 0.1) is 10.1 Å². The first-order chi connectivity index (χ1) is 7.91. The summed E-state index contributed by atoms with van der Waals surface area (Å²) in [5.74, 6) is 0. The average Bonchev–Trinajstić information content (AvgIpc) is 2.31. The van der Waals surface area contributed by atoms with Gasteiger partial charge in [0.05, 0.1) is 23.7 Å². The maximum Gasteiger partial charge on any atom is 0.293 e. The molecule has 6 nitrogen and oxygen atoms in total. The molecule has 0 aromatic heterocycles. The molecule has 0 bridgehead atoms. The first-order valence-electron chi connectivity index (χ1n) is 4.86. The minimum Gasteiger partial charge on any atom is -0.394 e. The van der Waals surface area contributed by atoms with E-state index in [-0.39, 0.29) is 29.6 Å². The normalized spacial score (nSPS) is 11.3. The number of rotatable bonds is 5. The van der Waals surface area contributed by atoms with Crippen molar-refractivity contribution in [2.75, 3.05) is 18.5 Å². The number of aliphatic hydroxyl groups excluding tert-OH is 2. The van der Waals surface area contributed by atoms with Crippen LogP contribution in [0.5, 0.6) is 0 Å². The van der Waals surface area contributed by atoms with Crippen molar-refractivity contribution in [3.05, 3.63) is 33.3 Å². The van der Waals surface area contributed by atoms with E-state index in [1.54, 1.807) is 6.92 Å². The van der Waals surface area contributed by atoms with E-state index in [4.69, 9.17) is 21.8 Å². The summed E-state index contributed by atoms with van der Waals surface area (Å²) in [4.78, 5) is 10.2. The number of nitro groups is 1. The first kappa shape index (κ1) is 13.7. The van der Waals surface area contributed by atoms with Gasteiger partial charge < -0.3 is 15.5 Å². The van der Waals surface area contributed by atoms with Crippen LogP contribution in [0.1, 0.15) is 6.92 Å². The Morgan fingerprint density at radius 3 is 2.53 bits per heavy atom. The number of hydrogen-bond acceptors (Lipinski definition) is 5. The molecule has 94 valence electrons. The Hall–Kier alpha value is -1.37. The Labute approximate surface area is 103 Å². The highest BCUT2D eigenvalue weighted by molar-refractivity contribution is 6.30. The number of halogens is 1. The molecular weight excluding hydrogens is 248 g/mol.